The molecule has 136 valence electrons. The first-order valence-electron chi connectivity index (χ1n) is 8.99. The predicted octanol–water partition coefficient (Wildman–Crippen LogP) is 2.65. The van der Waals surface area contributed by atoms with Gasteiger partial charge in [-0.2, -0.15) is 0 Å². The van der Waals surface area contributed by atoms with Crippen LogP contribution in [0.1, 0.15) is 33.6 Å². The zero-order valence-corrected chi connectivity index (χ0v) is 15.9. The van der Waals surface area contributed by atoms with Gasteiger partial charge in [0.2, 0.25) is 5.75 Å². The minimum Gasteiger partial charge on any atom is -0.493 e. The third-order valence-electron chi connectivity index (χ3n) is 6.94. The van der Waals surface area contributed by atoms with Crippen molar-refractivity contribution in [3.05, 3.63) is 12.1 Å². The molecule has 1 aliphatic heterocycles. The van der Waals surface area contributed by atoms with Gasteiger partial charge in [-0.3, -0.25) is 0 Å². The fourth-order valence-corrected chi connectivity index (χ4v) is 5.31. The molecule has 1 saturated heterocycles. The van der Waals surface area contributed by atoms with Gasteiger partial charge in [-0.05, 0) is 43.1 Å². The summed E-state index contributed by atoms with van der Waals surface area (Å²) < 4.78 is 29.4. The SMILES string of the molecule is COc1ccc(B2OC3CC4CC(C4(C)C)C3(C)O2)c(OC)c1OC. The Morgan fingerprint density at radius 2 is 1.72 bits per heavy atom. The van der Waals surface area contributed by atoms with Crippen molar-refractivity contribution in [1.29, 1.82) is 0 Å². The van der Waals surface area contributed by atoms with E-state index in [2.05, 4.69) is 20.8 Å². The monoisotopic (exact) mass is 346 g/mol. The quantitative estimate of drug-likeness (QED) is 0.785. The van der Waals surface area contributed by atoms with E-state index in [0.29, 0.717) is 28.6 Å². The molecule has 25 heavy (non-hydrogen) atoms. The van der Waals surface area contributed by atoms with E-state index in [1.807, 2.05) is 12.1 Å². The normalized spacial score (nSPS) is 35.0. The molecule has 3 aliphatic carbocycles. The molecule has 1 aromatic rings. The highest BCUT2D eigenvalue weighted by molar-refractivity contribution is 6.63. The van der Waals surface area contributed by atoms with E-state index in [-0.39, 0.29) is 11.7 Å². The topological polar surface area (TPSA) is 46.2 Å². The van der Waals surface area contributed by atoms with Crippen LogP contribution in [0, 0.1) is 17.3 Å². The van der Waals surface area contributed by atoms with Gasteiger partial charge in [0.15, 0.2) is 11.5 Å². The second-order valence-corrected chi connectivity index (χ2v) is 8.22. The number of benzene rings is 1. The van der Waals surface area contributed by atoms with Gasteiger partial charge in [0.05, 0.1) is 33.0 Å². The Balaban J connectivity index is 1.69. The smallest absolute Gasteiger partial charge is 0.493 e. The first-order chi connectivity index (χ1) is 11.9. The molecule has 0 spiro atoms. The third kappa shape index (κ3) is 2.16. The lowest BCUT2D eigenvalue weighted by atomic mass is 9.43. The molecular weight excluding hydrogens is 319 g/mol. The van der Waals surface area contributed by atoms with Crippen molar-refractivity contribution in [3.63, 3.8) is 0 Å². The second kappa shape index (κ2) is 5.55. The van der Waals surface area contributed by atoms with Crippen LogP contribution in [0.3, 0.4) is 0 Å². The highest BCUT2D eigenvalue weighted by atomic mass is 16.7. The van der Waals surface area contributed by atoms with E-state index in [0.717, 1.165) is 17.8 Å². The minimum atomic E-state index is -0.445. The van der Waals surface area contributed by atoms with Gasteiger partial charge >= 0.3 is 7.12 Å². The van der Waals surface area contributed by atoms with Crippen molar-refractivity contribution in [3.8, 4) is 17.2 Å². The molecule has 5 rings (SSSR count). The first-order valence-corrected chi connectivity index (χ1v) is 8.99. The van der Waals surface area contributed by atoms with Gasteiger partial charge in [0.1, 0.15) is 0 Å². The number of hydrogen-bond donors (Lipinski definition) is 0. The third-order valence-corrected chi connectivity index (χ3v) is 6.94. The number of hydrogen-bond acceptors (Lipinski definition) is 5. The molecule has 0 radical (unpaired) electrons. The van der Waals surface area contributed by atoms with Crippen LogP contribution < -0.4 is 19.7 Å². The molecule has 4 atom stereocenters. The van der Waals surface area contributed by atoms with Crippen LogP contribution in [-0.2, 0) is 9.31 Å². The Labute approximate surface area is 150 Å². The Morgan fingerprint density at radius 1 is 1.00 bits per heavy atom. The molecule has 2 bridgehead atoms. The van der Waals surface area contributed by atoms with Gasteiger partial charge in [-0.15, -0.1) is 0 Å². The molecule has 0 N–H and O–H groups in total. The summed E-state index contributed by atoms with van der Waals surface area (Å²) in [6.07, 6.45) is 2.43. The van der Waals surface area contributed by atoms with Crippen LogP contribution in [0.2, 0.25) is 0 Å². The minimum absolute atomic E-state index is 0.132. The summed E-state index contributed by atoms with van der Waals surface area (Å²) in [5.74, 6) is 3.07. The Morgan fingerprint density at radius 3 is 2.32 bits per heavy atom. The summed E-state index contributed by atoms with van der Waals surface area (Å²) in [5, 5.41) is 0. The lowest BCUT2D eigenvalue weighted by Crippen LogP contribution is -2.65. The maximum atomic E-state index is 6.54. The van der Waals surface area contributed by atoms with Gasteiger partial charge < -0.3 is 23.5 Å². The molecule has 1 heterocycles. The number of ether oxygens (including phenoxy) is 3. The summed E-state index contributed by atoms with van der Waals surface area (Å²) in [4.78, 5) is 0. The molecule has 0 aromatic heterocycles. The van der Waals surface area contributed by atoms with Crippen molar-refractivity contribution in [2.24, 2.45) is 17.3 Å². The van der Waals surface area contributed by atoms with E-state index < -0.39 is 7.12 Å². The molecule has 4 fully saturated rings. The largest absolute Gasteiger partial charge is 0.498 e. The van der Waals surface area contributed by atoms with E-state index >= 15 is 0 Å². The highest BCUT2D eigenvalue weighted by Crippen LogP contribution is 2.65. The maximum absolute atomic E-state index is 6.54. The van der Waals surface area contributed by atoms with E-state index in [1.165, 1.54) is 6.42 Å². The van der Waals surface area contributed by atoms with Gasteiger partial charge in [0.25, 0.3) is 0 Å². The zero-order valence-electron chi connectivity index (χ0n) is 15.9. The van der Waals surface area contributed by atoms with Crippen LogP contribution >= 0.6 is 0 Å². The molecule has 6 heteroatoms. The van der Waals surface area contributed by atoms with Gasteiger partial charge in [-0.1, -0.05) is 19.9 Å². The van der Waals surface area contributed by atoms with Crippen LogP contribution in [0.25, 0.3) is 0 Å². The number of methoxy groups -OCH3 is 3. The molecule has 1 aromatic carbocycles. The first kappa shape index (κ1) is 17.0. The van der Waals surface area contributed by atoms with Crippen molar-refractivity contribution in [1.82, 2.24) is 0 Å². The van der Waals surface area contributed by atoms with E-state index in [9.17, 15) is 0 Å². The van der Waals surface area contributed by atoms with Crippen molar-refractivity contribution in [2.75, 3.05) is 21.3 Å². The Kier molecular flexibility index (Phi) is 3.78. The summed E-state index contributed by atoms with van der Waals surface area (Å²) in [7, 11) is 4.41. The van der Waals surface area contributed by atoms with Crippen LogP contribution in [0.5, 0.6) is 17.2 Å². The van der Waals surface area contributed by atoms with Gasteiger partial charge in [0, 0.05) is 5.46 Å². The molecular formula is C19H27BO5. The fraction of sp³-hybridized carbons (Fsp3) is 0.684. The summed E-state index contributed by atoms with van der Waals surface area (Å²) in [5.41, 5.74) is 0.928. The number of rotatable bonds is 4. The highest BCUT2D eigenvalue weighted by Gasteiger charge is 2.68. The summed E-state index contributed by atoms with van der Waals surface area (Å²) in [6.45, 7) is 6.94. The molecule has 5 nitrogen and oxygen atoms in total. The molecule has 4 unspecified atom stereocenters. The van der Waals surface area contributed by atoms with Crippen LogP contribution in [0.15, 0.2) is 12.1 Å². The Bertz CT molecular complexity index is 691. The standard InChI is InChI=1S/C19H27BO5/c1-18(2)11-9-14(18)19(3)15(10-11)24-20(25-19)12-7-8-13(21-4)17(23-6)16(12)22-5/h7-8,11,14-15H,9-10H2,1-6H3. The zero-order chi connectivity index (χ0) is 18.0. The average molecular weight is 346 g/mol. The summed E-state index contributed by atoms with van der Waals surface area (Å²) >= 11 is 0. The van der Waals surface area contributed by atoms with Crippen molar-refractivity contribution in [2.45, 2.75) is 45.3 Å². The van der Waals surface area contributed by atoms with Crippen LogP contribution in [0.4, 0.5) is 0 Å². The summed E-state index contributed by atoms with van der Waals surface area (Å²) in [6, 6.07) is 3.82. The lowest BCUT2D eigenvalue weighted by Gasteiger charge is -2.64. The predicted molar refractivity (Wildman–Crippen MR) is 95.8 cm³/mol. The maximum Gasteiger partial charge on any atom is 0.498 e. The fourth-order valence-electron chi connectivity index (χ4n) is 5.31. The second-order valence-electron chi connectivity index (χ2n) is 8.22. The molecule has 0 amide bonds. The van der Waals surface area contributed by atoms with Gasteiger partial charge in [-0.25, -0.2) is 0 Å². The average Bonchev–Trinajstić information content (AvgIpc) is 2.96. The Hall–Kier alpha value is -1.40. The van der Waals surface area contributed by atoms with E-state index in [1.54, 1.807) is 21.3 Å². The van der Waals surface area contributed by atoms with Crippen molar-refractivity contribution < 1.29 is 23.5 Å². The van der Waals surface area contributed by atoms with Crippen LogP contribution in [-0.4, -0.2) is 40.2 Å². The van der Waals surface area contributed by atoms with E-state index in [4.69, 9.17) is 23.5 Å². The van der Waals surface area contributed by atoms with Crippen molar-refractivity contribution >= 4 is 12.6 Å². The molecule has 3 saturated carbocycles. The molecule has 4 aliphatic rings. The lowest BCUT2D eigenvalue weighted by molar-refractivity contribution is -0.199.